The Balaban J connectivity index is 2.16. The maximum atomic E-state index is 11.7. The lowest BCUT2D eigenvalue weighted by atomic mass is 10.2. The van der Waals surface area contributed by atoms with Gasteiger partial charge in [-0.3, -0.25) is 14.2 Å². The van der Waals surface area contributed by atoms with Crippen molar-refractivity contribution in [2.75, 3.05) is 18.9 Å². The molecule has 0 saturated carbocycles. The summed E-state index contributed by atoms with van der Waals surface area (Å²) in [6.07, 6.45) is -0.565. The Morgan fingerprint density at radius 3 is 2.26 bits per heavy atom. The van der Waals surface area contributed by atoms with Crippen molar-refractivity contribution in [2.45, 2.75) is 19.6 Å². The summed E-state index contributed by atoms with van der Waals surface area (Å²) in [6, 6.07) is 18.6. The zero-order valence-electron chi connectivity index (χ0n) is 15.1. The van der Waals surface area contributed by atoms with Crippen molar-refractivity contribution in [3.63, 3.8) is 0 Å². The van der Waals surface area contributed by atoms with Crippen LogP contribution in [0.4, 0.5) is 0 Å². The molecule has 0 spiro atoms. The minimum atomic E-state index is -4.14. The van der Waals surface area contributed by atoms with E-state index >= 15 is 0 Å². The van der Waals surface area contributed by atoms with Gasteiger partial charge in [0, 0.05) is 20.0 Å². The van der Waals surface area contributed by atoms with Gasteiger partial charge in [-0.2, -0.15) is 8.42 Å². The number of rotatable bonds is 10. The summed E-state index contributed by atoms with van der Waals surface area (Å²) in [5, 5.41) is 2.79. The maximum absolute atomic E-state index is 11.7. The second kappa shape index (κ2) is 10.1. The minimum Gasteiger partial charge on any atom is -0.490 e. The molecule has 0 heterocycles. The Morgan fingerprint density at radius 1 is 1.11 bits per heavy atom. The third-order valence-corrected chi connectivity index (χ3v) is 4.53. The summed E-state index contributed by atoms with van der Waals surface area (Å²) in [5.74, 6) is -0.0646. The lowest BCUT2D eigenvalue weighted by molar-refractivity contribution is -0.121. The minimum absolute atomic E-state index is 0.0385. The fraction of sp³-hybridized carbons (Fsp3) is 0.316. The van der Waals surface area contributed by atoms with Gasteiger partial charge in [0.1, 0.15) is 18.5 Å². The topological polar surface area (TPSA) is 95.9 Å². The third kappa shape index (κ3) is 8.21. The van der Waals surface area contributed by atoms with E-state index in [2.05, 4.69) is 5.32 Å². The van der Waals surface area contributed by atoms with Crippen LogP contribution in [0.15, 0.2) is 60.7 Å². The van der Waals surface area contributed by atoms with E-state index in [1.54, 1.807) is 17.0 Å². The van der Waals surface area contributed by atoms with E-state index in [1.165, 1.54) is 6.92 Å². The third-order valence-electron chi connectivity index (χ3n) is 3.83. The molecule has 1 atom stereocenters. The largest absolute Gasteiger partial charge is 0.490 e. The Bertz CT molecular complexity index is 813. The summed E-state index contributed by atoms with van der Waals surface area (Å²) >= 11 is 0. The van der Waals surface area contributed by atoms with Crippen molar-refractivity contribution < 1.29 is 22.5 Å². The normalized spacial score (nSPS) is 12.6. The molecule has 0 aromatic heterocycles. The number of carbonyl (C=O) groups excluding carboxylic acids is 1. The second-order valence-corrected chi connectivity index (χ2v) is 7.65. The van der Waals surface area contributed by atoms with E-state index < -0.39 is 22.0 Å². The fourth-order valence-corrected chi connectivity index (χ4v) is 3.03. The van der Waals surface area contributed by atoms with E-state index in [9.17, 15) is 13.2 Å². The quantitative estimate of drug-likeness (QED) is 0.474. The average Bonchev–Trinajstić information content (AvgIpc) is 2.63. The molecule has 146 valence electrons. The summed E-state index contributed by atoms with van der Waals surface area (Å²) in [4.78, 5) is 13.4. The van der Waals surface area contributed by atoms with E-state index in [4.69, 9.17) is 9.29 Å². The summed E-state index contributed by atoms with van der Waals surface area (Å²) in [5.41, 5.74) is 0.947. The predicted molar refractivity (Wildman–Crippen MR) is 103 cm³/mol. The van der Waals surface area contributed by atoms with Crippen LogP contribution < -0.4 is 10.1 Å². The molecule has 7 nitrogen and oxygen atoms in total. The standard InChI is InChI=1S/C19H24N2O5S/c1-16(22)20-19(15-26-18-10-6-3-7-11-18)21(12-13-27(23,24)25)14-17-8-4-2-5-9-17/h2-11,19H,12-15H2,1H3,(H,20,22)(H,23,24,25). The first kappa shape index (κ1) is 20.9. The first-order chi connectivity index (χ1) is 12.8. The molecule has 0 aliphatic heterocycles. The summed E-state index contributed by atoms with van der Waals surface area (Å²) in [7, 11) is -4.14. The lowest BCUT2D eigenvalue weighted by Crippen LogP contribution is -2.52. The van der Waals surface area contributed by atoms with Crippen LogP contribution in [0.25, 0.3) is 0 Å². The van der Waals surface area contributed by atoms with Gasteiger partial charge in [-0.1, -0.05) is 48.5 Å². The number of hydrogen-bond acceptors (Lipinski definition) is 5. The van der Waals surface area contributed by atoms with Crippen LogP contribution in [-0.2, 0) is 21.5 Å². The second-order valence-electron chi connectivity index (χ2n) is 6.08. The molecule has 0 radical (unpaired) electrons. The van der Waals surface area contributed by atoms with Crippen LogP contribution in [0.5, 0.6) is 5.75 Å². The van der Waals surface area contributed by atoms with Gasteiger partial charge in [-0.05, 0) is 17.7 Å². The van der Waals surface area contributed by atoms with Crippen molar-refractivity contribution in [2.24, 2.45) is 0 Å². The molecule has 2 N–H and O–H groups in total. The Labute approximate surface area is 159 Å². The van der Waals surface area contributed by atoms with Crippen molar-refractivity contribution in [1.82, 2.24) is 10.2 Å². The van der Waals surface area contributed by atoms with Crippen LogP contribution in [0.3, 0.4) is 0 Å². The van der Waals surface area contributed by atoms with Gasteiger partial charge in [-0.25, -0.2) is 0 Å². The number of carbonyl (C=O) groups is 1. The van der Waals surface area contributed by atoms with Crippen LogP contribution in [-0.4, -0.2) is 48.8 Å². The highest BCUT2D eigenvalue weighted by Gasteiger charge is 2.22. The number of nitrogens with zero attached hydrogens (tertiary/aromatic N) is 1. The number of hydrogen-bond donors (Lipinski definition) is 2. The van der Waals surface area contributed by atoms with E-state index in [0.29, 0.717) is 12.3 Å². The molecule has 27 heavy (non-hydrogen) atoms. The molecule has 2 rings (SSSR count). The lowest BCUT2D eigenvalue weighted by Gasteiger charge is -2.31. The molecule has 0 aliphatic rings. The van der Waals surface area contributed by atoms with Crippen LogP contribution in [0.1, 0.15) is 12.5 Å². The summed E-state index contributed by atoms with van der Waals surface area (Å²) in [6.45, 7) is 1.94. The van der Waals surface area contributed by atoms with Gasteiger partial charge in [-0.15, -0.1) is 0 Å². The van der Waals surface area contributed by atoms with Gasteiger partial charge in [0.15, 0.2) is 0 Å². The first-order valence-corrected chi connectivity index (χ1v) is 10.1. The first-order valence-electron chi connectivity index (χ1n) is 8.51. The monoisotopic (exact) mass is 392 g/mol. The molecular weight excluding hydrogens is 368 g/mol. The zero-order valence-corrected chi connectivity index (χ0v) is 15.9. The number of amides is 1. The number of benzene rings is 2. The number of nitrogens with one attached hydrogen (secondary N) is 1. The smallest absolute Gasteiger partial charge is 0.266 e. The Hall–Kier alpha value is -2.42. The van der Waals surface area contributed by atoms with Gasteiger partial charge in [0.2, 0.25) is 5.91 Å². The molecule has 2 aromatic rings. The fourth-order valence-electron chi connectivity index (χ4n) is 2.56. The summed E-state index contributed by atoms with van der Waals surface area (Å²) < 4.78 is 37.3. The molecule has 8 heteroatoms. The van der Waals surface area contributed by atoms with E-state index in [-0.39, 0.29) is 19.1 Å². The predicted octanol–water partition coefficient (Wildman–Crippen LogP) is 1.92. The SMILES string of the molecule is CC(=O)NC(COc1ccccc1)N(CCS(=O)(=O)O)Cc1ccccc1. The molecule has 0 bridgehead atoms. The molecule has 0 aliphatic carbocycles. The molecule has 0 fully saturated rings. The van der Waals surface area contributed by atoms with Crippen LogP contribution in [0, 0.1) is 0 Å². The van der Waals surface area contributed by atoms with Gasteiger partial charge < -0.3 is 10.1 Å². The van der Waals surface area contributed by atoms with Crippen molar-refractivity contribution in [1.29, 1.82) is 0 Å². The van der Waals surface area contributed by atoms with Crippen molar-refractivity contribution in [3.05, 3.63) is 66.2 Å². The zero-order chi connectivity index (χ0) is 19.7. The molecule has 2 aromatic carbocycles. The highest BCUT2D eigenvalue weighted by molar-refractivity contribution is 7.85. The Kier molecular flexibility index (Phi) is 7.78. The molecule has 1 amide bonds. The van der Waals surface area contributed by atoms with Gasteiger partial charge >= 0.3 is 0 Å². The van der Waals surface area contributed by atoms with E-state index in [1.807, 2.05) is 48.5 Å². The van der Waals surface area contributed by atoms with Crippen molar-refractivity contribution in [3.8, 4) is 5.75 Å². The van der Waals surface area contributed by atoms with Gasteiger partial charge in [0.05, 0.1) is 5.75 Å². The molecule has 1 unspecified atom stereocenters. The highest BCUT2D eigenvalue weighted by atomic mass is 32.2. The highest BCUT2D eigenvalue weighted by Crippen LogP contribution is 2.12. The van der Waals surface area contributed by atoms with Gasteiger partial charge in [0.25, 0.3) is 10.1 Å². The molecule has 0 saturated heterocycles. The maximum Gasteiger partial charge on any atom is 0.266 e. The van der Waals surface area contributed by atoms with E-state index in [0.717, 1.165) is 5.56 Å². The number of para-hydroxylation sites is 1. The van der Waals surface area contributed by atoms with Crippen LogP contribution in [0.2, 0.25) is 0 Å². The average molecular weight is 392 g/mol. The van der Waals surface area contributed by atoms with Crippen molar-refractivity contribution >= 4 is 16.0 Å². The Morgan fingerprint density at radius 2 is 1.70 bits per heavy atom. The van der Waals surface area contributed by atoms with Crippen LogP contribution >= 0.6 is 0 Å². The molecular formula is C19H24N2O5S. The number of ether oxygens (including phenoxy) is 1.